The molecule has 0 spiro atoms. The molecule has 0 saturated carbocycles. The van der Waals surface area contributed by atoms with E-state index in [1.807, 2.05) is 27.7 Å². The minimum absolute atomic E-state index is 0.0398. The molecule has 14 heavy (non-hydrogen) atoms. The van der Waals surface area contributed by atoms with Gasteiger partial charge in [0, 0.05) is 19.2 Å². The molecule has 0 aromatic carbocycles. The van der Waals surface area contributed by atoms with Gasteiger partial charge in [-0.2, -0.15) is 0 Å². The first-order valence-electron chi connectivity index (χ1n) is 4.79. The van der Waals surface area contributed by atoms with Crippen molar-refractivity contribution in [3.05, 3.63) is 0 Å². The summed E-state index contributed by atoms with van der Waals surface area (Å²) in [6.07, 6.45) is 0. The van der Waals surface area contributed by atoms with Crippen LogP contribution >= 0.6 is 0 Å². The van der Waals surface area contributed by atoms with Crippen LogP contribution in [0.1, 0.15) is 27.7 Å². The third kappa shape index (κ3) is 3.27. The highest BCUT2D eigenvalue weighted by Crippen LogP contribution is 2.27. The first-order valence-corrected chi connectivity index (χ1v) is 4.79. The Hall–Kier alpha value is -0.610. The molecule has 4 heteroatoms. The fourth-order valence-electron chi connectivity index (χ4n) is 0.780. The van der Waals surface area contributed by atoms with Gasteiger partial charge in [-0.3, -0.25) is 4.79 Å². The molecule has 3 N–H and O–H groups in total. The fraction of sp³-hybridized carbons (Fsp3) is 0.900. The number of hydrogen-bond acceptors (Lipinski definition) is 3. The Morgan fingerprint density at radius 2 is 1.86 bits per heavy atom. The van der Waals surface area contributed by atoms with Crippen LogP contribution in [0.5, 0.6) is 0 Å². The number of nitrogens with two attached hydrogens (primary N) is 1. The summed E-state index contributed by atoms with van der Waals surface area (Å²) in [6, 6.07) is 0. The Morgan fingerprint density at radius 3 is 2.21 bits per heavy atom. The number of carbonyl (C=O) groups is 1. The van der Waals surface area contributed by atoms with Crippen molar-refractivity contribution in [2.75, 3.05) is 20.3 Å². The average molecular weight is 202 g/mol. The van der Waals surface area contributed by atoms with E-state index < -0.39 is 11.0 Å². The van der Waals surface area contributed by atoms with Crippen molar-refractivity contribution >= 4 is 5.91 Å². The second-order valence-electron chi connectivity index (χ2n) is 4.60. The second-order valence-corrected chi connectivity index (χ2v) is 4.60. The Labute approximate surface area is 86.2 Å². The molecule has 0 saturated heterocycles. The summed E-state index contributed by atoms with van der Waals surface area (Å²) >= 11 is 0. The summed E-state index contributed by atoms with van der Waals surface area (Å²) in [5.41, 5.74) is 4.81. The predicted octanol–water partition coefficient (Wildman–Crippen LogP) is 0.513. The number of carbonyl (C=O) groups excluding carboxylic acids is 1. The molecule has 0 fully saturated rings. The SMILES string of the molecule is COCCNC(=O)C(C)(C)C(C)(C)N. The van der Waals surface area contributed by atoms with Gasteiger partial charge in [0.1, 0.15) is 0 Å². The summed E-state index contributed by atoms with van der Waals surface area (Å²) in [5.74, 6) is -0.0398. The fourth-order valence-corrected chi connectivity index (χ4v) is 0.780. The van der Waals surface area contributed by atoms with Crippen molar-refractivity contribution < 1.29 is 9.53 Å². The third-order valence-electron chi connectivity index (χ3n) is 2.77. The predicted molar refractivity (Wildman–Crippen MR) is 56.9 cm³/mol. The van der Waals surface area contributed by atoms with Crippen molar-refractivity contribution in [1.82, 2.24) is 5.32 Å². The van der Waals surface area contributed by atoms with E-state index in [2.05, 4.69) is 5.32 Å². The van der Waals surface area contributed by atoms with Crippen LogP contribution in [-0.2, 0) is 9.53 Å². The van der Waals surface area contributed by atoms with Crippen molar-refractivity contribution in [2.45, 2.75) is 33.2 Å². The lowest BCUT2D eigenvalue weighted by molar-refractivity contribution is -0.132. The molecule has 0 rings (SSSR count). The van der Waals surface area contributed by atoms with Gasteiger partial charge in [0.2, 0.25) is 5.91 Å². The number of amides is 1. The quantitative estimate of drug-likeness (QED) is 0.639. The Morgan fingerprint density at radius 1 is 1.36 bits per heavy atom. The first kappa shape index (κ1) is 13.4. The minimum Gasteiger partial charge on any atom is -0.383 e. The van der Waals surface area contributed by atoms with E-state index in [1.165, 1.54) is 0 Å². The van der Waals surface area contributed by atoms with Gasteiger partial charge in [0.25, 0.3) is 0 Å². The molecule has 0 unspecified atom stereocenters. The minimum atomic E-state index is -0.583. The highest BCUT2D eigenvalue weighted by Gasteiger charge is 2.39. The van der Waals surface area contributed by atoms with Gasteiger partial charge >= 0.3 is 0 Å². The summed E-state index contributed by atoms with van der Waals surface area (Å²) < 4.78 is 4.84. The zero-order chi connectivity index (χ0) is 11.4. The number of hydrogen-bond donors (Lipinski definition) is 2. The molecular weight excluding hydrogens is 180 g/mol. The largest absolute Gasteiger partial charge is 0.383 e. The van der Waals surface area contributed by atoms with E-state index >= 15 is 0 Å². The Balaban J connectivity index is 4.23. The molecule has 0 radical (unpaired) electrons. The van der Waals surface area contributed by atoms with Gasteiger partial charge < -0.3 is 15.8 Å². The summed E-state index contributed by atoms with van der Waals surface area (Å²) in [4.78, 5) is 11.7. The molecule has 0 heterocycles. The lowest BCUT2D eigenvalue weighted by Gasteiger charge is -2.36. The van der Waals surface area contributed by atoms with Crippen LogP contribution in [0.3, 0.4) is 0 Å². The molecule has 4 nitrogen and oxygen atoms in total. The molecule has 0 aliphatic carbocycles. The maximum absolute atomic E-state index is 11.7. The molecule has 1 amide bonds. The van der Waals surface area contributed by atoms with Crippen LogP contribution < -0.4 is 11.1 Å². The van der Waals surface area contributed by atoms with Crippen LogP contribution in [0.25, 0.3) is 0 Å². The normalized spacial score (nSPS) is 12.7. The Bertz CT molecular complexity index is 195. The maximum Gasteiger partial charge on any atom is 0.227 e. The molecule has 0 atom stereocenters. The lowest BCUT2D eigenvalue weighted by atomic mass is 9.74. The van der Waals surface area contributed by atoms with Crippen LogP contribution in [-0.4, -0.2) is 31.7 Å². The Kier molecular flexibility index (Phi) is 4.55. The van der Waals surface area contributed by atoms with Crippen LogP contribution in [0.4, 0.5) is 0 Å². The van der Waals surface area contributed by atoms with Crippen molar-refractivity contribution in [1.29, 1.82) is 0 Å². The van der Waals surface area contributed by atoms with Crippen LogP contribution in [0.2, 0.25) is 0 Å². The van der Waals surface area contributed by atoms with E-state index in [0.29, 0.717) is 13.2 Å². The molecule has 84 valence electrons. The highest BCUT2D eigenvalue weighted by molar-refractivity contribution is 5.83. The van der Waals surface area contributed by atoms with Gasteiger partial charge in [-0.15, -0.1) is 0 Å². The number of rotatable bonds is 5. The van der Waals surface area contributed by atoms with Gasteiger partial charge in [-0.05, 0) is 27.7 Å². The van der Waals surface area contributed by atoms with Gasteiger partial charge in [0.05, 0.1) is 12.0 Å². The van der Waals surface area contributed by atoms with Crippen molar-refractivity contribution in [3.8, 4) is 0 Å². The van der Waals surface area contributed by atoms with Crippen LogP contribution in [0, 0.1) is 5.41 Å². The van der Waals surface area contributed by atoms with Gasteiger partial charge in [0.15, 0.2) is 0 Å². The van der Waals surface area contributed by atoms with E-state index in [1.54, 1.807) is 7.11 Å². The molecule has 0 aliphatic rings. The molecular formula is C10H22N2O2. The summed E-state index contributed by atoms with van der Waals surface area (Å²) in [6.45, 7) is 8.43. The van der Waals surface area contributed by atoms with Crippen molar-refractivity contribution in [3.63, 3.8) is 0 Å². The zero-order valence-corrected chi connectivity index (χ0v) is 9.81. The average Bonchev–Trinajstić information content (AvgIpc) is 2.02. The smallest absolute Gasteiger partial charge is 0.227 e. The third-order valence-corrected chi connectivity index (χ3v) is 2.77. The van der Waals surface area contributed by atoms with Gasteiger partial charge in [-0.25, -0.2) is 0 Å². The van der Waals surface area contributed by atoms with Gasteiger partial charge in [-0.1, -0.05) is 0 Å². The first-order chi connectivity index (χ1) is 6.23. The van der Waals surface area contributed by atoms with E-state index in [-0.39, 0.29) is 5.91 Å². The summed E-state index contributed by atoms with van der Waals surface area (Å²) in [7, 11) is 1.60. The topological polar surface area (TPSA) is 64.3 Å². The number of methoxy groups -OCH3 is 1. The van der Waals surface area contributed by atoms with E-state index in [9.17, 15) is 4.79 Å². The highest BCUT2D eigenvalue weighted by atomic mass is 16.5. The molecule has 0 aromatic heterocycles. The van der Waals surface area contributed by atoms with Crippen molar-refractivity contribution in [2.24, 2.45) is 11.1 Å². The number of nitrogens with one attached hydrogen (secondary N) is 1. The molecule has 0 bridgehead atoms. The molecule has 0 aromatic rings. The lowest BCUT2D eigenvalue weighted by Crippen LogP contribution is -2.55. The van der Waals surface area contributed by atoms with E-state index in [4.69, 9.17) is 10.5 Å². The van der Waals surface area contributed by atoms with Crippen LogP contribution in [0.15, 0.2) is 0 Å². The molecule has 0 aliphatic heterocycles. The standard InChI is InChI=1S/C10H22N2O2/c1-9(2,10(3,4)11)8(13)12-6-7-14-5/h6-7,11H2,1-5H3,(H,12,13). The zero-order valence-electron chi connectivity index (χ0n) is 9.81. The second kappa shape index (κ2) is 4.75. The number of ether oxygens (including phenoxy) is 1. The van der Waals surface area contributed by atoms with E-state index in [0.717, 1.165) is 0 Å². The monoisotopic (exact) mass is 202 g/mol. The summed E-state index contributed by atoms with van der Waals surface area (Å²) in [5, 5.41) is 2.79. The maximum atomic E-state index is 11.7.